The maximum Gasteiger partial charge on any atom is 0.332 e. The monoisotopic (exact) mass is 491 g/mol. The van der Waals surface area contributed by atoms with Gasteiger partial charge >= 0.3 is 5.69 Å². The van der Waals surface area contributed by atoms with Crippen LogP contribution in [0.15, 0.2) is 69.3 Å². The van der Waals surface area contributed by atoms with Crippen molar-refractivity contribution in [1.82, 2.24) is 18.7 Å². The standard InChI is InChI=1S/C26H29N5O3S/c1-4-19-12-8-9-13-20(19)27-21(32)15-17-35-25-28-22-23(29(2)26(34)30(3)24(22)33)31(25)16-14-18-10-6-5-7-11-18/h5-13H,4,14-17H2,1-3H3,(H,27,32). The summed E-state index contributed by atoms with van der Waals surface area (Å²) in [6.45, 7) is 2.61. The Kier molecular flexibility index (Phi) is 7.55. The third-order valence-corrected chi connectivity index (χ3v) is 6.98. The summed E-state index contributed by atoms with van der Waals surface area (Å²) in [4.78, 5) is 42.6. The number of aryl methyl sites for hydroxylation is 4. The first-order chi connectivity index (χ1) is 16.9. The molecule has 182 valence electrons. The molecule has 0 saturated heterocycles. The Morgan fingerprint density at radius 2 is 1.71 bits per heavy atom. The number of nitrogens with one attached hydrogen (secondary N) is 1. The van der Waals surface area contributed by atoms with Gasteiger partial charge in [-0.2, -0.15) is 0 Å². The number of aromatic nitrogens is 4. The molecule has 0 aliphatic heterocycles. The van der Waals surface area contributed by atoms with E-state index < -0.39 is 11.2 Å². The van der Waals surface area contributed by atoms with Crippen molar-refractivity contribution in [2.45, 2.75) is 37.9 Å². The second-order valence-electron chi connectivity index (χ2n) is 8.32. The van der Waals surface area contributed by atoms with E-state index >= 15 is 0 Å². The van der Waals surface area contributed by atoms with Crippen LogP contribution < -0.4 is 16.6 Å². The van der Waals surface area contributed by atoms with Gasteiger partial charge in [0.25, 0.3) is 5.56 Å². The second kappa shape index (κ2) is 10.8. The van der Waals surface area contributed by atoms with Gasteiger partial charge in [0.1, 0.15) is 0 Å². The number of imidazole rings is 1. The number of benzene rings is 2. The van der Waals surface area contributed by atoms with Crippen LogP contribution >= 0.6 is 11.8 Å². The summed E-state index contributed by atoms with van der Waals surface area (Å²) in [6, 6.07) is 17.8. The molecule has 9 heteroatoms. The predicted octanol–water partition coefficient (Wildman–Crippen LogP) is 3.36. The van der Waals surface area contributed by atoms with Crippen molar-refractivity contribution in [3.8, 4) is 0 Å². The molecule has 1 N–H and O–H groups in total. The number of hydrogen-bond acceptors (Lipinski definition) is 5. The minimum absolute atomic E-state index is 0.0753. The lowest BCUT2D eigenvalue weighted by atomic mass is 10.1. The maximum absolute atomic E-state index is 12.8. The number of hydrogen-bond donors (Lipinski definition) is 1. The van der Waals surface area contributed by atoms with Gasteiger partial charge in [0, 0.05) is 38.5 Å². The van der Waals surface area contributed by atoms with Crippen LogP contribution in [-0.2, 0) is 38.3 Å². The smallest absolute Gasteiger partial charge is 0.326 e. The van der Waals surface area contributed by atoms with Crippen LogP contribution in [0.3, 0.4) is 0 Å². The summed E-state index contributed by atoms with van der Waals surface area (Å²) in [6.07, 6.45) is 1.85. The van der Waals surface area contributed by atoms with Gasteiger partial charge in [-0.15, -0.1) is 0 Å². The average Bonchev–Trinajstić information content (AvgIpc) is 3.24. The van der Waals surface area contributed by atoms with Gasteiger partial charge in [0.15, 0.2) is 16.3 Å². The summed E-state index contributed by atoms with van der Waals surface area (Å²) in [5, 5.41) is 3.61. The molecule has 4 aromatic rings. The predicted molar refractivity (Wildman–Crippen MR) is 140 cm³/mol. The van der Waals surface area contributed by atoms with Crippen LogP contribution in [0.4, 0.5) is 5.69 Å². The van der Waals surface area contributed by atoms with E-state index in [1.54, 1.807) is 7.05 Å². The molecule has 0 saturated carbocycles. The number of rotatable bonds is 9. The van der Waals surface area contributed by atoms with Crippen molar-refractivity contribution < 1.29 is 4.79 Å². The van der Waals surface area contributed by atoms with Crippen LogP contribution in [0, 0.1) is 0 Å². The number of nitrogens with zero attached hydrogens (tertiary/aromatic N) is 4. The Bertz CT molecular complexity index is 1470. The van der Waals surface area contributed by atoms with Gasteiger partial charge < -0.3 is 9.88 Å². The molecule has 1 amide bonds. The first-order valence-corrected chi connectivity index (χ1v) is 12.6. The molecule has 2 aromatic carbocycles. The Labute approximate surface area is 207 Å². The number of para-hydroxylation sites is 1. The zero-order valence-corrected chi connectivity index (χ0v) is 21.0. The van der Waals surface area contributed by atoms with E-state index in [2.05, 4.69) is 17.2 Å². The largest absolute Gasteiger partial charge is 0.332 e. The van der Waals surface area contributed by atoms with Crippen LogP contribution in [0.5, 0.6) is 0 Å². The first-order valence-electron chi connectivity index (χ1n) is 11.6. The molecule has 2 aromatic heterocycles. The molecule has 0 fully saturated rings. The number of thioether (sulfide) groups is 1. The first kappa shape index (κ1) is 24.5. The van der Waals surface area contributed by atoms with Crippen molar-refractivity contribution in [1.29, 1.82) is 0 Å². The number of fused-ring (bicyclic) bond motifs is 1. The Hall–Kier alpha value is -3.59. The van der Waals surface area contributed by atoms with E-state index in [1.807, 2.05) is 59.2 Å². The maximum atomic E-state index is 12.8. The number of carbonyl (C=O) groups is 1. The van der Waals surface area contributed by atoms with Gasteiger partial charge in [-0.1, -0.05) is 67.2 Å². The fourth-order valence-electron chi connectivity index (χ4n) is 4.06. The van der Waals surface area contributed by atoms with Crippen molar-refractivity contribution in [3.63, 3.8) is 0 Å². The minimum Gasteiger partial charge on any atom is -0.326 e. The van der Waals surface area contributed by atoms with Crippen molar-refractivity contribution in [3.05, 3.63) is 86.6 Å². The Morgan fingerprint density at radius 3 is 2.46 bits per heavy atom. The zero-order valence-electron chi connectivity index (χ0n) is 20.2. The molecular formula is C26H29N5O3S. The Morgan fingerprint density at radius 1 is 1.00 bits per heavy atom. The lowest BCUT2D eigenvalue weighted by molar-refractivity contribution is -0.115. The molecule has 35 heavy (non-hydrogen) atoms. The second-order valence-corrected chi connectivity index (χ2v) is 9.38. The summed E-state index contributed by atoms with van der Waals surface area (Å²) in [5.74, 6) is 0.414. The molecule has 8 nitrogen and oxygen atoms in total. The van der Waals surface area contributed by atoms with E-state index in [1.165, 1.54) is 23.4 Å². The normalized spacial score (nSPS) is 11.2. The summed E-state index contributed by atoms with van der Waals surface area (Å²) in [7, 11) is 3.11. The summed E-state index contributed by atoms with van der Waals surface area (Å²) >= 11 is 1.41. The number of carbonyl (C=O) groups excluding carboxylic acids is 1. The van der Waals surface area contributed by atoms with Gasteiger partial charge in [0.2, 0.25) is 5.91 Å². The molecule has 0 aliphatic rings. The van der Waals surface area contributed by atoms with E-state index in [0.29, 0.717) is 29.5 Å². The SMILES string of the molecule is CCc1ccccc1NC(=O)CCSc1nc2c(=O)n(C)c(=O)n(C)c2n1CCc1ccccc1. The Balaban J connectivity index is 1.57. The molecule has 0 unspecified atom stereocenters. The van der Waals surface area contributed by atoms with E-state index in [9.17, 15) is 14.4 Å². The van der Waals surface area contributed by atoms with Crippen molar-refractivity contribution in [2.75, 3.05) is 11.1 Å². The van der Waals surface area contributed by atoms with Gasteiger partial charge in [-0.3, -0.25) is 18.7 Å². The highest BCUT2D eigenvalue weighted by Crippen LogP contribution is 2.24. The lowest BCUT2D eigenvalue weighted by Crippen LogP contribution is -2.37. The molecule has 4 rings (SSSR count). The van der Waals surface area contributed by atoms with Gasteiger partial charge in [-0.25, -0.2) is 9.78 Å². The highest BCUT2D eigenvalue weighted by molar-refractivity contribution is 7.99. The fraction of sp³-hybridized carbons (Fsp3) is 0.308. The van der Waals surface area contributed by atoms with Crippen LogP contribution in [0.25, 0.3) is 11.2 Å². The van der Waals surface area contributed by atoms with Crippen molar-refractivity contribution >= 4 is 34.5 Å². The fourth-order valence-corrected chi connectivity index (χ4v) is 5.02. The molecular weight excluding hydrogens is 462 g/mol. The summed E-state index contributed by atoms with van der Waals surface area (Å²) in [5.41, 5.74) is 3.01. The van der Waals surface area contributed by atoms with E-state index in [0.717, 1.165) is 34.2 Å². The minimum atomic E-state index is -0.419. The van der Waals surface area contributed by atoms with Crippen molar-refractivity contribution in [2.24, 2.45) is 14.1 Å². The molecule has 2 heterocycles. The van der Waals surface area contributed by atoms with E-state index in [-0.39, 0.29) is 11.4 Å². The molecule has 0 radical (unpaired) electrons. The molecule has 0 aliphatic carbocycles. The topological polar surface area (TPSA) is 90.9 Å². The molecule has 0 atom stereocenters. The van der Waals surface area contributed by atoms with Gasteiger partial charge in [-0.05, 0) is 30.0 Å². The third kappa shape index (κ3) is 5.24. The van der Waals surface area contributed by atoms with E-state index in [4.69, 9.17) is 0 Å². The number of amides is 1. The number of anilines is 1. The highest BCUT2D eigenvalue weighted by atomic mass is 32.2. The van der Waals surface area contributed by atoms with Crippen LogP contribution in [0.1, 0.15) is 24.5 Å². The third-order valence-electron chi connectivity index (χ3n) is 6.00. The quantitative estimate of drug-likeness (QED) is 0.363. The van der Waals surface area contributed by atoms with Crippen LogP contribution in [-0.4, -0.2) is 30.3 Å². The molecule has 0 spiro atoms. The average molecular weight is 492 g/mol. The van der Waals surface area contributed by atoms with Crippen LogP contribution in [0.2, 0.25) is 0 Å². The lowest BCUT2D eigenvalue weighted by Gasteiger charge is -2.12. The van der Waals surface area contributed by atoms with Gasteiger partial charge in [0.05, 0.1) is 0 Å². The summed E-state index contributed by atoms with van der Waals surface area (Å²) < 4.78 is 4.46. The highest BCUT2D eigenvalue weighted by Gasteiger charge is 2.19. The molecule has 0 bridgehead atoms. The zero-order chi connectivity index (χ0) is 24.9.